The fourth-order valence-corrected chi connectivity index (χ4v) is 1.65. The molecule has 0 bridgehead atoms. The number of amides is 1. The molecule has 0 aromatic heterocycles. The predicted molar refractivity (Wildman–Crippen MR) is 64.6 cm³/mol. The van der Waals surface area contributed by atoms with Gasteiger partial charge in [0.15, 0.2) is 0 Å². The Labute approximate surface area is 102 Å². The van der Waals surface area contributed by atoms with Gasteiger partial charge >= 0.3 is 12.1 Å². The molecule has 0 spiro atoms. The van der Waals surface area contributed by atoms with Gasteiger partial charge in [-0.05, 0) is 33.6 Å². The summed E-state index contributed by atoms with van der Waals surface area (Å²) in [6.45, 7) is 5.28. The summed E-state index contributed by atoms with van der Waals surface area (Å²) in [7, 11) is 0. The molecule has 100 valence electrons. The third-order valence-corrected chi connectivity index (χ3v) is 2.36. The second-order valence-electron chi connectivity index (χ2n) is 5.21. The molecule has 0 atom stereocenters. The molecule has 0 saturated heterocycles. The van der Waals surface area contributed by atoms with Gasteiger partial charge in [0.2, 0.25) is 0 Å². The largest absolute Gasteiger partial charge is 0.481 e. The number of carboxylic acids is 1. The molecular weight excluding hydrogens is 222 g/mol. The fourth-order valence-electron chi connectivity index (χ4n) is 1.65. The van der Waals surface area contributed by atoms with Gasteiger partial charge in [-0.3, -0.25) is 4.79 Å². The van der Waals surface area contributed by atoms with Crippen LogP contribution < -0.4 is 5.73 Å². The predicted octanol–water partition coefficient (Wildman–Crippen LogP) is 2.53. The number of nitrogens with two attached hydrogens (primary N) is 1. The third kappa shape index (κ3) is 9.66. The number of hydrogen-bond donors (Lipinski definition) is 2. The van der Waals surface area contributed by atoms with Crippen molar-refractivity contribution in [2.24, 2.45) is 11.7 Å². The van der Waals surface area contributed by atoms with Gasteiger partial charge < -0.3 is 15.6 Å². The molecule has 5 nitrogen and oxygen atoms in total. The summed E-state index contributed by atoms with van der Waals surface area (Å²) >= 11 is 0. The Morgan fingerprint density at radius 1 is 1.18 bits per heavy atom. The molecule has 1 aliphatic rings. The van der Waals surface area contributed by atoms with Gasteiger partial charge in [-0.15, -0.1) is 0 Å². The highest BCUT2D eigenvalue weighted by molar-refractivity contribution is 5.69. The van der Waals surface area contributed by atoms with Crippen molar-refractivity contribution in [1.82, 2.24) is 0 Å². The number of ether oxygens (including phenoxy) is 1. The van der Waals surface area contributed by atoms with Gasteiger partial charge in [-0.25, -0.2) is 4.79 Å². The van der Waals surface area contributed by atoms with Gasteiger partial charge in [0.1, 0.15) is 5.60 Å². The second-order valence-corrected chi connectivity index (χ2v) is 5.21. The Morgan fingerprint density at radius 3 is 1.82 bits per heavy atom. The average molecular weight is 245 g/mol. The first-order valence-electron chi connectivity index (χ1n) is 5.93. The minimum atomic E-state index is -0.725. The molecule has 1 fully saturated rings. The molecule has 5 heteroatoms. The van der Waals surface area contributed by atoms with Crippen LogP contribution in [0.25, 0.3) is 0 Å². The van der Waals surface area contributed by atoms with Crippen molar-refractivity contribution in [3.05, 3.63) is 0 Å². The van der Waals surface area contributed by atoms with E-state index in [2.05, 4.69) is 4.74 Å². The van der Waals surface area contributed by atoms with Gasteiger partial charge in [0.05, 0.1) is 5.92 Å². The molecule has 1 aliphatic carbocycles. The summed E-state index contributed by atoms with van der Waals surface area (Å²) < 4.78 is 4.58. The van der Waals surface area contributed by atoms with Crippen LogP contribution in [0.2, 0.25) is 0 Å². The van der Waals surface area contributed by atoms with Crippen LogP contribution in [0.3, 0.4) is 0 Å². The Balaban J connectivity index is 0.000000304. The van der Waals surface area contributed by atoms with Crippen molar-refractivity contribution in [1.29, 1.82) is 0 Å². The Hall–Kier alpha value is -1.26. The molecule has 0 unspecified atom stereocenters. The Morgan fingerprint density at radius 2 is 1.65 bits per heavy atom. The van der Waals surface area contributed by atoms with Gasteiger partial charge in [-0.2, -0.15) is 0 Å². The zero-order valence-corrected chi connectivity index (χ0v) is 10.9. The average Bonchev–Trinajstić information content (AvgIpc) is 2.16. The first-order valence-corrected chi connectivity index (χ1v) is 5.93. The lowest BCUT2D eigenvalue weighted by Gasteiger charge is -2.16. The molecule has 1 saturated carbocycles. The smallest absolute Gasteiger partial charge is 0.405 e. The number of carboxylic acid groups (broad SMARTS) is 1. The van der Waals surface area contributed by atoms with Crippen LogP contribution in [-0.4, -0.2) is 22.8 Å². The lowest BCUT2D eigenvalue weighted by Crippen LogP contribution is -2.27. The summed E-state index contributed by atoms with van der Waals surface area (Å²) in [5.41, 5.74) is 4.26. The highest BCUT2D eigenvalue weighted by Gasteiger charge is 2.19. The van der Waals surface area contributed by atoms with Crippen LogP contribution in [0.15, 0.2) is 0 Å². The zero-order chi connectivity index (χ0) is 13.5. The van der Waals surface area contributed by atoms with Crippen LogP contribution in [0.4, 0.5) is 4.79 Å². The Kier molecular flexibility index (Phi) is 6.61. The normalized spacial score (nSPS) is 16.6. The van der Waals surface area contributed by atoms with E-state index in [1.165, 1.54) is 6.42 Å². The van der Waals surface area contributed by atoms with Crippen molar-refractivity contribution in [3.63, 3.8) is 0 Å². The zero-order valence-electron chi connectivity index (χ0n) is 10.9. The van der Waals surface area contributed by atoms with Crippen LogP contribution in [0, 0.1) is 5.92 Å². The molecule has 0 aromatic carbocycles. The molecule has 0 aromatic rings. The lowest BCUT2D eigenvalue weighted by molar-refractivity contribution is -0.142. The third-order valence-electron chi connectivity index (χ3n) is 2.36. The van der Waals surface area contributed by atoms with E-state index in [0.717, 1.165) is 25.7 Å². The topological polar surface area (TPSA) is 89.6 Å². The monoisotopic (exact) mass is 245 g/mol. The van der Waals surface area contributed by atoms with E-state index in [4.69, 9.17) is 10.8 Å². The first kappa shape index (κ1) is 15.7. The van der Waals surface area contributed by atoms with Crippen molar-refractivity contribution in [2.75, 3.05) is 0 Å². The van der Waals surface area contributed by atoms with Crippen molar-refractivity contribution in [3.8, 4) is 0 Å². The molecule has 0 heterocycles. The highest BCUT2D eigenvalue weighted by Crippen LogP contribution is 2.23. The maximum Gasteiger partial charge on any atom is 0.405 e. The van der Waals surface area contributed by atoms with E-state index >= 15 is 0 Å². The number of primary amides is 1. The summed E-state index contributed by atoms with van der Waals surface area (Å²) in [4.78, 5) is 20.4. The minimum absolute atomic E-state index is 0.0289. The molecular formula is C12H23NO4. The fraction of sp³-hybridized carbons (Fsp3) is 0.833. The summed E-state index contributed by atoms with van der Waals surface area (Å²) in [6, 6.07) is 0. The summed E-state index contributed by atoms with van der Waals surface area (Å²) in [5, 5.41) is 8.54. The van der Waals surface area contributed by atoms with E-state index in [1.807, 2.05) is 0 Å². The number of aliphatic carboxylic acids is 1. The van der Waals surface area contributed by atoms with Crippen LogP contribution in [0.5, 0.6) is 0 Å². The standard InChI is InChI=1S/C7H12O2.C5H11NO2/c8-7(9)6-4-2-1-3-5-6;1-5(2,3)8-4(6)7/h6H,1-5H2,(H,8,9);1-3H3,(H2,6,7). The van der Waals surface area contributed by atoms with E-state index in [-0.39, 0.29) is 5.92 Å². The Bertz CT molecular complexity index is 252. The van der Waals surface area contributed by atoms with Crippen molar-refractivity contribution in [2.45, 2.75) is 58.5 Å². The molecule has 3 N–H and O–H groups in total. The van der Waals surface area contributed by atoms with E-state index < -0.39 is 17.7 Å². The first-order chi connectivity index (χ1) is 7.72. The number of carbonyl (C=O) groups excluding carboxylic acids is 1. The molecule has 0 radical (unpaired) electrons. The van der Waals surface area contributed by atoms with E-state index in [9.17, 15) is 9.59 Å². The lowest BCUT2D eigenvalue weighted by atomic mass is 9.90. The number of hydrogen-bond acceptors (Lipinski definition) is 3. The summed E-state index contributed by atoms with van der Waals surface area (Å²) in [6.07, 6.45) is 4.51. The molecule has 17 heavy (non-hydrogen) atoms. The van der Waals surface area contributed by atoms with E-state index in [0.29, 0.717) is 0 Å². The highest BCUT2D eigenvalue weighted by atomic mass is 16.6. The van der Waals surface area contributed by atoms with Crippen molar-refractivity contribution >= 4 is 12.1 Å². The molecule has 1 amide bonds. The maximum absolute atomic E-state index is 10.4. The minimum Gasteiger partial charge on any atom is -0.481 e. The van der Waals surface area contributed by atoms with Crippen molar-refractivity contribution < 1.29 is 19.4 Å². The molecule has 0 aliphatic heterocycles. The quantitative estimate of drug-likeness (QED) is 0.742. The maximum atomic E-state index is 10.4. The van der Waals surface area contributed by atoms with E-state index in [1.54, 1.807) is 20.8 Å². The van der Waals surface area contributed by atoms with Gasteiger partial charge in [0, 0.05) is 0 Å². The van der Waals surface area contributed by atoms with Gasteiger partial charge in [-0.1, -0.05) is 19.3 Å². The summed E-state index contributed by atoms with van der Waals surface area (Å²) in [5.74, 6) is -0.631. The van der Waals surface area contributed by atoms with Gasteiger partial charge in [0.25, 0.3) is 0 Å². The second kappa shape index (κ2) is 7.14. The SMILES string of the molecule is CC(C)(C)OC(N)=O.O=C(O)C1CCCCC1. The molecule has 1 rings (SSSR count). The van der Waals surface area contributed by atoms with Crippen LogP contribution in [0.1, 0.15) is 52.9 Å². The van der Waals surface area contributed by atoms with Crippen LogP contribution in [-0.2, 0) is 9.53 Å². The van der Waals surface area contributed by atoms with Crippen LogP contribution >= 0.6 is 0 Å². The number of carbonyl (C=O) groups is 2. The number of rotatable bonds is 1.